The molecule has 0 saturated carbocycles. The lowest BCUT2D eigenvalue weighted by molar-refractivity contribution is -0.138. The fourth-order valence-corrected chi connectivity index (χ4v) is 7.07. The van der Waals surface area contributed by atoms with Crippen LogP contribution in [-0.4, -0.2) is 116 Å². The van der Waals surface area contributed by atoms with Gasteiger partial charge in [-0.25, -0.2) is 8.78 Å². The third kappa shape index (κ3) is 10.4. The van der Waals surface area contributed by atoms with Crippen LogP contribution in [0.1, 0.15) is 72.6 Å². The third-order valence-electron chi connectivity index (χ3n) is 9.64. The molecule has 3 heterocycles. The largest absolute Gasteiger partial charge is 0.350 e. The molecular weight excluding hydrogens is 554 g/mol. The molecule has 7 unspecified atom stereocenters. The first-order valence-electron chi connectivity index (χ1n) is 16.6. The number of nitrogens with zero attached hydrogens (tertiary/aromatic N) is 3. The summed E-state index contributed by atoms with van der Waals surface area (Å²) >= 11 is 0. The van der Waals surface area contributed by atoms with Crippen LogP contribution in [0.3, 0.4) is 0 Å². The Kier molecular flexibility index (Phi) is 14.7. The molecule has 8 atom stereocenters. The molecule has 0 aromatic carbocycles. The highest BCUT2D eigenvalue weighted by atomic mass is 19.1. The second-order valence-corrected chi connectivity index (χ2v) is 13.0. The SMILES string of the molecule is CCCC(CC)CCC(F)/C=N\C(C)C(C(=O)NC1CNCC(F)C1N1CCC(C(=O)N2CCN[C@H](C)C2)CC1)C(N)N. The van der Waals surface area contributed by atoms with Gasteiger partial charge in [-0.2, -0.15) is 0 Å². The summed E-state index contributed by atoms with van der Waals surface area (Å²) in [6, 6.07) is -1.39. The van der Waals surface area contributed by atoms with Gasteiger partial charge in [-0.05, 0) is 58.5 Å². The number of likely N-dealkylation sites (tertiary alicyclic amines) is 1. The highest BCUT2D eigenvalue weighted by molar-refractivity contribution is 5.81. The van der Waals surface area contributed by atoms with Crippen LogP contribution in [0.15, 0.2) is 4.99 Å². The maximum absolute atomic E-state index is 15.4. The van der Waals surface area contributed by atoms with Crippen LogP contribution >= 0.6 is 0 Å². The molecular formula is C31H58F2N8O2. The van der Waals surface area contributed by atoms with Crippen molar-refractivity contribution in [3.8, 4) is 0 Å². The minimum Gasteiger partial charge on any atom is -0.350 e. The van der Waals surface area contributed by atoms with E-state index in [0.29, 0.717) is 51.4 Å². The number of nitrogens with two attached hydrogens (primary N) is 2. The molecule has 248 valence electrons. The average Bonchev–Trinajstić information content (AvgIpc) is 2.98. The summed E-state index contributed by atoms with van der Waals surface area (Å²) in [4.78, 5) is 35.0. The van der Waals surface area contributed by atoms with Gasteiger partial charge >= 0.3 is 0 Å². The number of piperazine rings is 1. The van der Waals surface area contributed by atoms with Crippen LogP contribution in [0.25, 0.3) is 0 Å². The first-order chi connectivity index (χ1) is 20.5. The third-order valence-corrected chi connectivity index (χ3v) is 9.64. The number of carbonyl (C=O) groups is 2. The number of halogens is 2. The van der Waals surface area contributed by atoms with Gasteiger partial charge in [0.15, 0.2) is 0 Å². The van der Waals surface area contributed by atoms with Gasteiger partial charge < -0.3 is 32.3 Å². The molecule has 3 fully saturated rings. The van der Waals surface area contributed by atoms with Crippen molar-refractivity contribution in [3.63, 3.8) is 0 Å². The zero-order valence-electron chi connectivity index (χ0n) is 26.8. The summed E-state index contributed by atoms with van der Waals surface area (Å²) in [5.41, 5.74) is 12.1. The van der Waals surface area contributed by atoms with E-state index in [4.69, 9.17) is 11.5 Å². The summed E-state index contributed by atoms with van der Waals surface area (Å²) in [6.45, 7) is 12.1. The van der Waals surface area contributed by atoms with E-state index in [0.717, 1.165) is 38.8 Å². The fourth-order valence-electron chi connectivity index (χ4n) is 7.07. The van der Waals surface area contributed by atoms with E-state index in [-0.39, 0.29) is 24.4 Å². The van der Waals surface area contributed by atoms with Crippen molar-refractivity contribution in [2.75, 3.05) is 45.8 Å². The standard InChI is InChI=1S/C31H58F2N8O2/c1-5-7-22(6-2)8-9-24(32)16-38-21(4)27(29(34)35)30(42)39-26-18-36-17-25(33)28(26)40-13-10-23(11-14-40)31(43)41-15-12-37-20(3)19-41/h16,20-29,36-37H,5-15,17-19,34-35H2,1-4H3,(H,39,42)/b38-16-/t20-,21?,22?,24?,25?,26?,27?,28?/m1/s1. The first kappa shape index (κ1) is 35.7. The second-order valence-electron chi connectivity index (χ2n) is 13.0. The Labute approximate surface area is 257 Å². The maximum atomic E-state index is 15.4. The number of piperidine rings is 2. The van der Waals surface area contributed by atoms with E-state index in [1.807, 2.05) is 4.90 Å². The molecule has 12 heteroatoms. The minimum atomic E-state index is -1.20. The van der Waals surface area contributed by atoms with Crippen LogP contribution < -0.4 is 27.4 Å². The van der Waals surface area contributed by atoms with E-state index in [1.165, 1.54) is 6.21 Å². The lowest BCUT2D eigenvalue weighted by Crippen LogP contribution is -2.67. The molecule has 2 amide bonds. The van der Waals surface area contributed by atoms with E-state index >= 15 is 4.39 Å². The predicted molar refractivity (Wildman–Crippen MR) is 168 cm³/mol. The van der Waals surface area contributed by atoms with Crippen LogP contribution in [0, 0.1) is 17.8 Å². The van der Waals surface area contributed by atoms with Gasteiger partial charge in [0.1, 0.15) is 12.3 Å². The van der Waals surface area contributed by atoms with E-state index in [9.17, 15) is 14.0 Å². The molecule has 0 aromatic rings. The molecule has 0 aromatic heterocycles. The zero-order valence-corrected chi connectivity index (χ0v) is 26.8. The fraction of sp³-hybridized carbons (Fsp3) is 0.903. The lowest BCUT2D eigenvalue weighted by Gasteiger charge is -2.45. The Morgan fingerprint density at radius 1 is 1.12 bits per heavy atom. The van der Waals surface area contributed by atoms with Gasteiger partial charge in [0.2, 0.25) is 11.8 Å². The van der Waals surface area contributed by atoms with Crippen molar-refractivity contribution in [2.24, 2.45) is 34.2 Å². The molecule has 3 saturated heterocycles. The molecule has 10 nitrogen and oxygen atoms in total. The number of nitrogens with one attached hydrogen (secondary N) is 3. The zero-order chi connectivity index (χ0) is 31.5. The smallest absolute Gasteiger partial charge is 0.228 e. The van der Waals surface area contributed by atoms with Crippen molar-refractivity contribution < 1.29 is 18.4 Å². The molecule has 0 spiro atoms. The van der Waals surface area contributed by atoms with E-state index in [2.05, 4.69) is 46.6 Å². The highest BCUT2D eigenvalue weighted by Crippen LogP contribution is 2.26. The van der Waals surface area contributed by atoms with Gasteiger partial charge in [-0.3, -0.25) is 19.5 Å². The van der Waals surface area contributed by atoms with Gasteiger partial charge in [-0.15, -0.1) is 0 Å². The van der Waals surface area contributed by atoms with Crippen LogP contribution in [-0.2, 0) is 9.59 Å². The molecule has 3 aliphatic rings. The van der Waals surface area contributed by atoms with Crippen molar-refractivity contribution in [1.82, 2.24) is 25.8 Å². The number of alkyl halides is 2. The Morgan fingerprint density at radius 3 is 2.47 bits per heavy atom. The highest BCUT2D eigenvalue weighted by Gasteiger charge is 2.42. The Morgan fingerprint density at radius 2 is 1.84 bits per heavy atom. The topological polar surface area (TPSA) is 141 Å². The normalized spacial score (nSPS) is 29.0. The Hall–Kier alpha value is -1.73. The molecule has 3 aliphatic heterocycles. The number of hydrogen-bond donors (Lipinski definition) is 5. The first-order valence-corrected chi connectivity index (χ1v) is 16.6. The van der Waals surface area contributed by atoms with Gasteiger partial charge in [0.05, 0.1) is 30.2 Å². The minimum absolute atomic E-state index is 0.0634. The van der Waals surface area contributed by atoms with Crippen LogP contribution in [0.5, 0.6) is 0 Å². The second kappa shape index (κ2) is 17.7. The molecule has 7 N–H and O–H groups in total. The number of aliphatic imine (C=N–C) groups is 1. The number of hydrogen-bond acceptors (Lipinski definition) is 8. The van der Waals surface area contributed by atoms with Crippen LogP contribution in [0.2, 0.25) is 0 Å². The average molecular weight is 613 g/mol. The predicted octanol–water partition coefficient (Wildman–Crippen LogP) is 1.58. The quantitative estimate of drug-likeness (QED) is 0.148. The summed E-state index contributed by atoms with van der Waals surface area (Å²) in [6.07, 6.45) is 3.60. The summed E-state index contributed by atoms with van der Waals surface area (Å²) in [5, 5.41) is 9.46. The summed E-state index contributed by atoms with van der Waals surface area (Å²) in [5.74, 6) is -0.670. The lowest BCUT2D eigenvalue weighted by atomic mass is 9.89. The molecule has 3 rings (SSSR count). The maximum Gasteiger partial charge on any atom is 0.228 e. The number of carbonyl (C=O) groups excluding carboxylic acids is 2. The van der Waals surface area contributed by atoms with Crippen molar-refractivity contribution in [2.45, 2.75) is 115 Å². The van der Waals surface area contributed by atoms with Crippen molar-refractivity contribution in [3.05, 3.63) is 0 Å². The summed E-state index contributed by atoms with van der Waals surface area (Å²) < 4.78 is 30.0. The van der Waals surface area contributed by atoms with Crippen LogP contribution in [0.4, 0.5) is 8.78 Å². The van der Waals surface area contributed by atoms with Gasteiger partial charge in [0, 0.05) is 50.9 Å². The monoisotopic (exact) mass is 612 g/mol. The Balaban J connectivity index is 1.57. The van der Waals surface area contributed by atoms with E-state index in [1.54, 1.807) is 6.92 Å². The van der Waals surface area contributed by atoms with Gasteiger partial charge in [0.25, 0.3) is 0 Å². The molecule has 43 heavy (non-hydrogen) atoms. The van der Waals surface area contributed by atoms with Crippen molar-refractivity contribution >= 4 is 18.0 Å². The summed E-state index contributed by atoms with van der Waals surface area (Å²) in [7, 11) is 0. The van der Waals surface area contributed by atoms with E-state index < -0.39 is 48.5 Å². The number of amides is 2. The molecule has 0 aliphatic carbocycles. The van der Waals surface area contributed by atoms with Crippen molar-refractivity contribution in [1.29, 1.82) is 0 Å². The van der Waals surface area contributed by atoms with Gasteiger partial charge in [-0.1, -0.05) is 33.1 Å². The molecule has 0 radical (unpaired) electrons. The molecule has 0 bridgehead atoms. The Bertz CT molecular complexity index is 888. The number of rotatable bonds is 14.